The summed E-state index contributed by atoms with van der Waals surface area (Å²) in [5.41, 5.74) is 4.52. The summed E-state index contributed by atoms with van der Waals surface area (Å²) in [5.74, 6) is -0.0689. The molecule has 0 spiro atoms. The molecule has 0 heterocycles. The van der Waals surface area contributed by atoms with Gasteiger partial charge in [-0.25, -0.2) is 10.2 Å². The van der Waals surface area contributed by atoms with E-state index < -0.39 is 5.97 Å². The Bertz CT molecular complexity index is 789. The number of methoxy groups -OCH3 is 1. The standard InChI is InChI=1S/C20H22N2O4S/c1-14-4-10-18(11-5-14)27-15(2)20(24)22-21-12-16-6-8-17(9-7-16)26-13-19(23)25-3/h4-12,15H,13H2,1-3H3,(H,22,24)/b21-12-/t15-/m0/s1. The summed E-state index contributed by atoms with van der Waals surface area (Å²) in [7, 11) is 1.31. The number of esters is 1. The molecular formula is C20H22N2O4S. The monoisotopic (exact) mass is 386 g/mol. The van der Waals surface area contributed by atoms with Gasteiger partial charge in [0.15, 0.2) is 6.61 Å². The van der Waals surface area contributed by atoms with Gasteiger partial charge in [-0.05, 0) is 55.8 Å². The molecule has 0 saturated carbocycles. The van der Waals surface area contributed by atoms with Crippen LogP contribution in [0.5, 0.6) is 5.75 Å². The molecule has 0 aromatic heterocycles. The average molecular weight is 386 g/mol. The number of thioether (sulfide) groups is 1. The molecule has 1 atom stereocenters. The smallest absolute Gasteiger partial charge is 0.343 e. The molecule has 27 heavy (non-hydrogen) atoms. The number of hydrazone groups is 1. The lowest BCUT2D eigenvalue weighted by Crippen LogP contribution is -2.26. The summed E-state index contributed by atoms with van der Waals surface area (Å²) in [6, 6.07) is 15.0. The van der Waals surface area contributed by atoms with Crippen molar-refractivity contribution >= 4 is 29.9 Å². The number of nitrogens with zero attached hydrogens (tertiary/aromatic N) is 1. The fourth-order valence-corrected chi connectivity index (χ4v) is 2.85. The van der Waals surface area contributed by atoms with Crippen LogP contribution in [0.15, 0.2) is 58.5 Å². The Morgan fingerprint density at radius 1 is 1.15 bits per heavy atom. The van der Waals surface area contributed by atoms with Gasteiger partial charge >= 0.3 is 5.97 Å². The first-order valence-corrected chi connectivity index (χ1v) is 9.22. The molecule has 2 rings (SSSR count). The molecule has 0 fully saturated rings. The Morgan fingerprint density at radius 2 is 1.81 bits per heavy atom. The number of rotatable bonds is 8. The molecule has 0 unspecified atom stereocenters. The topological polar surface area (TPSA) is 77.0 Å². The molecule has 0 bridgehead atoms. The van der Waals surface area contributed by atoms with Gasteiger partial charge in [-0.3, -0.25) is 4.79 Å². The summed E-state index contributed by atoms with van der Waals surface area (Å²) < 4.78 is 9.77. The quantitative estimate of drug-likeness (QED) is 0.326. The lowest BCUT2D eigenvalue weighted by atomic mass is 10.2. The largest absolute Gasteiger partial charge is 0.482 e. The van der Waals surface area contributed by atoms with Gasteiger partial charge in [-0.15, -0.1) is 11.8 Å². The highest BCUT2D eigenvalue weighted by atomic mass is 32.2. The summed E-state index contributed by atoms with van der Waals surface area (Å²) in [5, 5.41) is 3.72. The van der Waals surface area contributed by atoms with E-state index in [1.165, 1.54) is 24.4 Å². The van der Waals surface area contributed by atoms with Crippen LogP contribution in [0.25, 0.3) is 0 Å². The van der Waals surface area contributed by atoms with Crippen LogP contribution in [0, 0.1) is 6.92 Å². The molecule has 2 aromatic carbocycles. The van der Waals surface area contributed by atoms with Crippen LogP contribution in [-0.2, 0) is 14.3 Å². The highest BCUT2D eigenvalue weighted by molar-refractivity contribution is 8.00. The molecule has 0 aliphatic heterocycles. The molecule has 142 valence electrons. The van der Waals surface area contributed by atoms with Gasteiger partial charge in [0.05, 0.1) is 18.6 Å². The van der Waals surface area contributed by atoms with Crippen LogP contribution in [0.4, 0.5) is 0 Å². The van der Waals surface area contributed by atoms with E-state index in [0.717, 1.165) is 10.5 Å². The van der Waals surface area contributed by atoms with Gasteiger partial charge in [0.25, 0.3) is 5.91 Å². The van der Waals surface area contributed by atoms with E-state index >= 15 is 0 Å². The lowest BCUT2D eigenvalue weighted by Gasteiger charge is -2.09. The van der Waals surface area contributed by atoms with E-state index in [0.29, 0.717) is 5.75 Å². The third kappa shape index (κ3) is 7.15. The normalized spacial score (nSPS) is 11.8. The highest BCUT2D eigenvalue weighted by Crippen LogP contribution is 2.23. The zero-order chi connectivity index (χ0) is 19.6. The second-order valence-electron chi connectivity index (χ2n) is 5.74. The molecule has 0 aliphatic carbocycles. The third-order valence-corrected chi connectivity index (χ3v) is 4.67. The van der Waals surface area contributed by atoms with E-state index in [1.807, 2.05) is 38.1 Å². The number of hydrogen-bond donors (Lipinski definition) is 1. The van der Waals surface area contributed by atoms with Crippen LogP contribution in [-0.4, -0.2) is 37.1 Å². The number of ether oxygens (including phenoxy) is 2. The number of hydrogen-bond acceptors (Lipinski definition) is 6. The van der Waals surface area contributed by atoms with Crippen molar-refractivity contribution in [2.75, 3.05) is 13.7 Å². The predicted molar refractivity (Wildman–Crippen MR) is 106 cm³/mol. The maximum atomic E-state index is 12.1. The molecule has 2 aromatic rings. The van der Waals surface area contributed by atoms with Gasteiger partial charge in [-0.1, -0.05) is 17.7 Å². The van der Waals surface area contributed by atoms with Crippen LogP contribution in [0.2, 0.25) is 0 Å². The van der Waals surface area contributed by atoms with Crippen molar-refractivity contribution in [3.8, 4) is 5.75 Å². The first-order valence-electron chi connectivity index (χ1n) is 8.34. The summed E-state index contributed by atoms with van der Waals surface area (Å²) in [6.07, 6.45) is 1.55. The Labute approximate surface area is 162 Å². The molecule has 7 heteroatoms. The minimum Gasteiger partial charge on any atom is -0.482 e. The maximum absolute atomic E-state index is 12.1. The van der Waals surface area contributed by atoms with Crippen molar-refractivity contribution in [2.45, 2.75) is 24.0 Å². The van der Waals surface area contributed by atoms with Crippen molar-refractivity contribution in [2.24, 2.45) is 5.10 Å². The van der Waals surface area contributed by atoms with E-state index in [2.05, 4.69) is 15.3 Å². The lowest BCUT2D eigenvalue weighted by molar-refractivity contribution is -0.142. The molecule has 0 aliphatic rings. The Balaban J connectivity index is 1.80. The first-order chi connectivity index (χ1) is 13.0. The van der Waals surface area contributed by atoms with E-state index in [-0.39, 0.29) is 17.8 Å². The summed E-state index contributed by atoms with van der Waals surface area (Å²) in [6.45, 7) is 3.72. The van der Waals surface area contributed by atoms with Crippen LogP contribution in [0.3, 0.4) is 0 Å². The Hall–Kier alpha value is -2.80. The molecule has 0 radical (unpaired) electrons. The van der Waals surface area contributed by atoms with Gasteiger partial charge in [0.1, 0.15) is 5.75 Å². The number of carbonyl (C=O) groups excluding carboxylic acids is 2. The van der Waals surface area contributed by atoms with E-state index in [9.17, 15) is 9.59 Å². The van der Waals surface area contributed by atoms with Crippen molar-refractivity contribution in [3.05, 3.63) is 59.7 Å². The molecule has 0 saturated heterocycles. The number of benzene rings is 2. The second-order valence-corrected chi connectivity index (χ2v) is 7.16. The molecule has 1 N–H and O–H groups in total. The van der Waals surface area contributed by atoms with Crippen molar-refractivity contribution in [3.63, 3.8) is 0 Å². The van der Waals surface area contributed by atoms with Gasteiger partial charge in [0.2, 0.25) is 0 Å². The van der Waals surface area contributed by atoms with Crippen LogP contribution in [0.1, 0.15) is 18.1 Å². The number of nitrogens with one attached hydrogen (secondary N) is 1. The first kappa shape index (κ1) is 20.5. The fraction of sp³-hybridized carbons (Fsp3) is 0.250. The zero-order valence-corrected chi connectivity index (χ0v) is 16.3. The fourth-order valence-electron chi connectivity index (χ4n) is 1.99. The Morgan fingerprint density at radius 3 is 2.44 bits per heavy atom. The molecule has 6 nitrogen and oxygen atoms in total. The molecule has 1 amide bonds. The van der Waals surface area contributed by atoms with Crippen LogP contribution >= 0.6 is 11.8 Å². The van der Waals surface area contributed by atoms with Crippen LogP contribution < -0.4 is 10.2 Å². The van der Waals surface area contributed by atoms with E-state index in [1.54, 1.807) is 30.5 Å². The third-order valence-electron chi connectivity index (χ3n) is 3.56. The molecular weight excluding hydrogens is 364 g/mol. The predicted octanol–water partition coefficient (Wildman–Crippen LogP) is 3.18. The zero-order valence-electron chi connectivity index (χ0n) is 15.5. The summed E-state index contributed by atoms with van der Waals surface area (Å²) in [4.78, 5) is 24.2. The minimum absolute atomic E-state index is 0.142. The van der Waals surface area contributed by atoms with Gasteiger partial charge < -0.3 is 9.47 Å². The Kier molecular flexibility index (Phi) is 7.88. The van der Waals surface area contributed by atoms with Crippen molar-refractivity contribution < 1.29 is 19.1 Å². The van der Waals surface area contributed by atoms with Crippen molar-refractivity contribution in [1.29, 1.82) is 0 Å². The number of aryl methyl sites for hydroxylation is 1. The maximum Gasteiger partial charge on any atom is 0.343 e. The summed E-state index contributed by atoms with van der Waals surface area (Å²) >= 11 is 1.48. The second kappa shape index (κ2) is 10.4. The van der Waals surface area contributed by atoms with Crippen molar-refractivity contribution in [1.82, 2.24) is 5.43 Å². The number of carbonyl (C=O) groups is 2. The SMILES string of the molecule is COC(=O)COc1ccc(/C=N\NC(=O)[C@H](C)Sc2ccc(C)cc2)cc1. The number of amides is 1. The average Bonchev–Trinajstić information content (AvgIpc) is 2.68. The van der Waals surface area contributed by atoms with Gasteiger partial charge in [-0.2, -0.15) is 5.10 Å². The van der Waals surface area contributed by atoms with E-state index in [4.69, 9.17) is 4.74 Å². The highest BCUT2D eigenvalue weighted by Gasteiger charge is 2.13. The minimum atomic E-state index is -0.444. The van der Waals surface area contributed by atoms with Gasteiger partial charge in [0, 0.05) is 4.90 Å².